The number of carbonyl (C=O) groups excluding carboxylic acids is 1. The molecular weight excluding hydrogens is 238 g/mol. The number of amides is 1. The average molecular weight is 255 g/mol. The van der Waals surface area contributed by atoms with Gasteiger partial charge in [-0.3, -0.25) is 9.59 Å². The molecule has 0 aliphatic heterocycles. The first-order chi connectivity index (χ1) is 8.13. The van der Waals surface area contributed by atoms with Crippen LogP contribution < -0.4 is 5.32 Å². The number of nitrogens with one attached hydrogen (secondary N) is 1. The van der Waals surface area contributed by atoms with E-state index >= 15 is 0 Å². The zero-order valence-corrected chi connectivity index (χ0v) is 10.7. The molecule has 1 rings (SSSR count). The highest BCUT2D eigenvalue weighted by Crippen LogP contribution is 2.16. The first kappa shape index (κ1) is 13.7. The van der Waals surface area contributed by atoms with Gasteiger partial charge in [-0.15, -0.1) is 11.3 Å². The third-order valence-corrected chi connectivity index (χ3v) is 3.42. The Hall–Kier alpha value is -1.36. The molecule has 94 valence electrons. The number of thiophene rings is 1. The Balaban J connectivity index is 2.26. The Labute approximate surface area is 105 Å². The molecule has 1 aromatic heterocycles. The summed E-state index contributed by atoms with van der Waals surface area (Å²) in [4.78, 5) is 22.9. The van der Waals surface area contributed by atoms with Crippen molar-refractivity contribution in [3.63, 3.8) is 0 Å². The van der Waals surface area contributed by atoms with E-state index in [1.165, 1.54) is 10.4 Å². The number of rotatable bonds is 7. The van der Waals surface area contributed by atoms with Crippen LogP contribution in [0.3, 0.4) is 0 Å². The molecule has 0 aliphatic carbocycles. The second-order valence-corrected chi connectivity index (χ2v) is 4.75. The standard InChI is InChI=1S/C12H17NO3S/c1-2-9-6-7-17-10(9)8-13-11(14)4-3-5-12(15)16/h6-7H,2-5,8H2,1H3,(H,13,14)(H,15,16). The lowest BCUT2D eigenvalue weighted by Gasteiger charge is -2.04. The van der Waals surface area contributed by atoms with Gasteiger partial charge in [-0.2, -0.15) is 0 Å². The molecule has 2 N–H and O–H groups in total. The minimum Gasteiger partial charge on any atom is -0.481 e. The monoisotopic (exact) mass is 255 g/mol. The van der Waals surface area contributed by atoms with Crippen LogP contribution in [0.5, 0.6) is 0 Å². The fraction of sp³-hybridized carbons (Fsp3) is 0.500. The van der Waals surface area contributed by atoms with Crippen LogP contribution >= 0.6 is 11.3 Å². The second-order valence-electron chi connectivity index (χ2n) is 3.75. The summed E-state index contributed by atoms with van der Waals surface area (Å²) < 4.78 is 0. The van der Waals surface area contributed by atoms with Crippen molar-refractivity contribution in [1.82, 2.24) is 5.32 Å². The number of aryl methyl sites for hydroxylation is 1. The molecule has 1 amide bonds. The summed E-state index contributed by atoms with van der Waals surface area (Å²) >= 11 is 1.64. The summed E-state index contributed by atoms with van der Waals surface area (Å²) in [5.41, 5.74) is 1.26. The summed E-state index contributed by atoms with van der Waals surface area (Å²) in [6.45, 7) is 2.63. The van der Waals surface area contributed by atoms with E-state index in [-0.39, 0.29) is 18.7 Å². The first-order valence-corrected chi connectivity index (χ1v) is 6.55. The van der Waals surface area contributed by atoms with E-state index in [2.05, 4.69) is 18.3 Å². The van der Waals surface area contributed by atoms with Gasteiger partial charge >= 0.3 is 5.97 Å². The highest BCUT2D eigenvalue weighted by Gasteiger charge is 2.06. The molecule has 0 bridgehead atoms. The van der Waals surface area contributed by atoms with Gasteiger partial charge in [-0.1, -0.05) is 6.92 Å². The zero-order chi connectivity index (χ0) is 12.7. The normalized spacial score (nSPS) is 10.2. The minimum atomic E-state index is -0.857. The maximum Gasteiger partial charge on any atom is 0.303 e. The number of hydrogen-bond acceptors (Lipinski definition) is 3. The van der Waals surface area contributed by atoms with E-state index in [4.69, 9.17) is 5.11 Å². The number of aliphatic carboxylic acids is 1. The van der Waals surface area contributed by atoms with Crippen LogP contribution in [0, 0.1) is 0 Å². The Morgan fingerprint density at radius 3 is 2.82 bits per heavy atom. The number of hydrogen-bond donors (Lipinski definition) is 2. The molecule has 5 heteroatoms. The third kappa shape index (κ3) is 4.99. The maximum atomic E-state index is 11.4. The van der Waals surface area contributed by atoms with E-state index < -0.39 is 5.97 Å². The van der Waals surface area contributed by atoms with Crippen LogP contribution in [0.15, 0.2) is 11.4 Å². The summed E-state index contributed by atoms with van der Waals surface area (Å²) in [7, 11) is 0. The molecule has 1 aromatic rings. The molecule has 0 radical (unpaired) electrons. The molecule has 0 saturated carbocycles. The highest BCUT2D eigenvalue weighted by molar-refractivity contribution is 7.10. The Bertz CT molecular complexity index is 387. The van der Waals surface area contributed by atoms with Crippen molar-refractivity contribution >= 4 is 23.2 Å². The van der Waals surface area contributed by atoms with E-state index in [9.17, 15) is 9.59 Å². The SMILES string of the molecule is CCc1ccsc1CNC(=O)CCCC(=O)O. The molecule has 0 unspecified atom stereocenters. The van der Waals surface area contributed by atoms with Crippen molar-refractivity contribution in [2.75, 3.05) is 0 Å². The topological polar surface area (TPSA) is 66.4 Å². The number of carbonyl (C=O) groups is 2. The predicted molar refractivity (Wildman–Crippen MR) is 67.0 cm³/mol. The first-order valence-electron chi connectivity index (χ1n) is 5.67. The van der Waals surface area contributed by atoms with Gasteiger partial charge in [0.15, 0.2) is 0 Å². The van der Waals surface area contributed by atoms with E-state index in [1.807, 2.05) is 5.38 Å². The Kier molecular flexibility index (Phi) is 5.69. The third-order valence-electron chi connectivity index (χ3n) is 2.46. The van der Waals surface area contributed by atoms with Gasteiger partial charge in [0.2, 0.25) is 5.91 Å². The lowest BCUT2D eigenvalue weighted by atomic mass is 10.2. The molecule has 0 aromatic carbocycles. The summed E-state index contributed by atoms with van der Waals surface area (Å²) in [6, 6.07) is 2.07. The lowest BCUT2D eigenvalue weighted by Crippen LogP contribution is -2.22. The largest absolute Gasteiger partial charge is 0.481 e. The van der Waals surface area contributed by atoms with Crippen LogP contribution in [0.25, 0.3) is 0 Å². The minimum absolute atomic E-state index is 0.0482. The van der Waals surface area contributed by atoms with Crippen LogP contribution in [0.2, 0.25) is 0 Å². The highest BCUT2D eigenvalue weighted by atomic mass is 32.1. The van der Waals surface area contributed by atoms with Crippen LogP contribution in [-0.2, 0) is 22.6 Å². The van der Waals surface area contributed by atoms with Crippen molar-refractivity contribution in [3.8, 4) is 0 Å². The molecule has 0 aliphatic rings. The number of carboxylic acids is 1. The quantitative estimate of drug-likeness (QED) is 0.784. The smallest absolute Gasteiger partial charge is 0.303 e. The Morgan fingerprint density at radius 1 is 1.41 bits per heavy atom. The molecule has 17 heavy (non-hydrogen) atoms. The average Bonchev–Trinajstić information content (AvgIpc) is 2.73. The second kappa shape index (κ2) is 7.06. The van der Waals surface area contributed by atoms with Crippen LogP contribution in [0.1, 0.15) is 36.6 Å². The van der Waals surface area contributed by atoms with Crippen LogP contribution in [-0.4, -0.2) is 17.0 Å². The fourth-order valence-electron chi connectivity index (χ4n) is 1.50. The molecule has 0 spiro atoms. The molecular formula is C12H17NO3S. The van der Waals surface area contributed by atoms with Crippen molar-refractivity contribution < 1.29 is 14.7 Å². The van der Waals surface area contributed by atoms with Gasteiger partial charge in [0.05, 0.1) is 6.54 Å². The number of carboxylic acid groups (broad SMARTS) is 1. The lowest BCUT2D eigenvalue weighted by molar-refractivity contribution is -0.137. The summed E-state index contributed by atoms with van der Waals surface area (Å²) in [5, 5.41) is 13.3. The van der Waals surface area contributed by atoms with E-state index in [0.717, 1.165) is 6.42 Å². The van der Waals surface area contributed by atoms with Gasteiger partial charge < -0.3 is 10.4 Å². The van der Waals surface area contributed by atoms with Crippen molar-refractivity contribution in [1.29, 1.82) is 0 Å². The Morgan fingerprint density at radius 2 is 2.18 bits per heavy atom. The van der Waals surface area contributed by atoms with Crippen LogP contribution in [0.4, 0.5) is 0 Å². The van der Waals surface area contributed by atoms with Gasteiger partial charge in [0.1, 0.15) is 0 Å². The van der Waals surface area contributed by atoms with E-state index in [0.29, 0.717) is 13.0 Å². The molecule has 0 saturated heterocycles. The molecule has 0 atom stereocenters. The summed E-state index contributed by atoms with van der Waals surface area (Å²) in [5.74, 6) is -0.939. The van der Waals surface area contributed by atoms with Gasteiger partial charge in [0.25, 0.3) is 0 Å². The van der Waals surface area contributed by atoms with Gasteiger partial charge in [0, 0.05) is 17.7 Å². The van der Waals surface area contributed by atoms with Gasteiger partial charge in [-0.25, -0.2) is 0 Å². The summed E-state index contributed by atoms with van der Waals surface area (Å²) in [6.07, 6.45) is 1.69. The molecule has 4 nitrogen and oxygen atoms in total. The van der Waals surface area contributed by atoms with Crippen molar-refractivity contribution in [3.05, 3.63) is 21.9 Å². The van der Waals surface area contributed by atoms with Crippen molar-refractivity contribution in [2.24, 2.45) is 0 Å². The fourth-order valence-corrected chi connectivity index (χ4v) is 2.42. The molecule has 1 heterocycles. The van der Waals surface area contributed by atoms with Gasteiger partial charge in [-0.05, 0) is 29.9 Å². The molecule has 0 fully saturated rings. The predicted octanol–water partition coefficient (Wildman–Crippen LogP) is 2.18. The maximum absolute atomic E-state index is 11.4. The zero-order valence-electron chi connectivity index (χ0n) is 9.86. The van der Waals surface area contributed by atoms with Crippen molar-refractivity contribution in [2.45, 2.75) is 39.2 Å². The van der Waals surface area contributed by atoms with E-state index in [1.54, 1.807) is 11.3 Å².